The first-order valence-electron chi connectivity index (χ1n) is 8.07. The van der Waals surface area contributed by atoms with Crippen LogP contribution in [0.15, 0.2) is 36.4 Å². The highest BCUT2D eigenvalue weighted by Gasteiger charge is 2.13. The number of anilines is 1. The second kappa shape index (κ2) is 7.09. The van der Waals surface area contributed by atoms with Gasteiger partial charge in [0, 0.05) is 11.8 Å². The summed E-state index contributed by atoms with van der Waals surface area (Å²) >= 11 is 5.44. The molecule has 0 spiro atoms. The fourth-order valence-corrected chi connectivity index (χ4v) is 3.17. The van der Waals surface area contributed by atoms with Crippen LogP contribution in [0.25, 0.3) is 0 Å². The van der Waals surface area contributed by atoms with Crippen LogP contribution in [-0.4, -0.2) is 18.3 Å². The molecule has 0 saturated heterocycles. The van der Waals surface area contributed by atoms with Crippen molar-refractivity contribution in [2.45, 2.75) is 26.8 Å². The number of hydrogen-bond acceptors (Lipinski definition) is 3. The largest absolute Gasteiger partial charge is 0.486 e. The third-order valence-corrected chi connectivity index (χ3v) is 4.26. The molecule has 4 nitrogen and oxygen atoms in total. The van der Waals surface area contributed by atoms with Crippen LogP contribution in [0.5, 0.6) is 11.5 Å². The van der Waals surface area contributed by atoms with Gasteiger partial charge in [-0.25, -0.2) is 0 Å². The van der Waals surface area contributed by atoms with E-state index in [1.807, 2.05) is 18.2 Å². The first-order valence-corrected chi connectivity index (χ1v) is 8.48. The first kappa shape index (κ1) is 16.6. The van der Waals surface area contributed by atoms with E-state index in [4.69, 9.17) is 21.7 Å². The van der Waals surface area contributed by atoms with Gasteiger partial charge < -0.3 is 20.1 Å². The second-order valence-corrected chi connectivity index (χ2v) is 6.45. The summed E-state index contributed by atoms with van der Waals surface area (Å²) in [6, 6.07) is 12.3. The zero-order valence-corrected chi connectivity index (χ0v) is 15.0. The number of thiocarbonyl (C=S) groups is 1. The normalized spacial score (nSPS) is 14.0. The number of rotatable bonds is 3. The van der Waals surface area contributed by atoms with Crippen molar-refractivity contribution < 1.29 is 9.47 Å². The summed E-state index contributed by atoms with van der Waals surface area (Å²) in [5, 5.41) is 7.12. The Kier molecular flexibility index (Phi) is 4.90. The zero-order valence-electron chi connectivity index (χ0n) is 14.2. The van der Waals surface area contributed by atoms with Crippen LogP contribution >= 0.6 is 12.2 Å². The number of ether oxygens (including phenoxy) is 2. The molecule has 0 aromatic heterocycles. The quantitative estimate of drug-likeness (QED) is 0.821. The van der Waals surface area contributed by atoms with Crippen LogP contribution in [0.2, 0.25) is 0 Å². The minimum Gasteiger partial charge on any atom is -0.486 e. The molecule has 0 unspecified atom stereocenters. The van der Waals surface area contributed by atoms with Crippen molar-refractivity contribution in [1.29, 1.82) is 0 Å². The molecular weight excluding hydrogens is 320 g/mol. The maximum Gasteiger partial charge on any atom is 0.171 e. The highest BCUT2D eigenvalue weighted by atomic mass is 32.1. The molecule has 1 heterocycles. The third kappa shape index (κ3) is 3.79. The maximum absolute atomic E-state index is 5.59. The van der Waals surface area contributed by atoms with Gasteiger partial charge in [-0.3, -0.25) is 0 Å². The Bertz CT molecular complexity index is 761. The lowest BCUT2D eigenvalue weighted by atomic mass is 10.0. The molecule has 0 amide bonds. The molecule has 2 N–H and O–H groups in total. The lowest BCUT2D eigenvalue weighted by Gasteiger charge is -2.21. The summed E-state index contributed by atoms with van der Waals surface area (Å²) in [6.07, 6.45) is 0. The van der Waals surface area contributed by atoms with Crippen LogP contribution in [-0.2, 0) is 0 Å². The van der Waals surface area contributed by atoms with Crippen molar-refractivity contribution >= 4 is 23.0 Å². The number of hydrogen-bond donors (Lipinski definition) is 2. The monoisotopic (exact) mass is 342 g/mol. The molecule has 126 valence electrons. The van der Waals surface area contributed by atoms with Crippen LogP contribution in [0.1, 0.15) is 29.7 Å². The molecule has 3 rings (SSSR count). The van der Waals surface area contributed by atoms with Crippen molar-refractivity contribution in [2.75, 3.05) is 18.5 Å². The lowest BCUT2D eigenvalue weighted by Crippen LogP contribution is -2.31. The van der Waals surface area contributed by atoms with E-state index in [1.165, 1.54) is 16.7 Å². The van der Waals surface area contributed by atoms with Crippen molar-refractivity contribution in [3.05, 3.63) is 53.1 Å². The van der Waals surface area contributed by atoms with E-state index >= 15 is 0 Å². The van der Waals surface area contributed by atoms with Gasteiger partial charge in [-0.05, 0) is 56.2 Å². The first-order chi connectivity index (χ1) is 11.5. The summed E-state index contributed by atoms with van der Waals surface area (Å²) in [6.45, 7) is 7.49. The van der Waals surface area contributed by atoms with Gasteiger partial charge in [0.25, 0.3) is 0 Å². The molecule has 5 heteroatoms. The van der Waals surface area contributed by atoms with Gasteiger partial charge in [0.15, 0.2) is 16.6 Å². The van der Waals surface area contributed by atoms with Gasteiger partial charge in [-0.2, -0.15) is 0 Å². The van der Waals surface area contributed by atoms with E-state index in [9.17, 15) is 0 Å². The smallest absolute Gasteiger partial charge is 0.171 e. The van der Waals surface area contributed by atoms with Gasteiger partial charge in [-0.1, -0.05) is 23.8 Å². The van der Waals surface area contributed by atoms with E-state index in [1.54, 1.807) is 0 Å². The molecule has 1 aliphatic heterocycles. The molecule has 1 aliphatic rings. The van der Waals surface area contributed by atoms with Crippen LogP contribution in [0.4, 0.5) is 5.69 Å². The SMILES string of the molecule is Cc1ccc([C@@H](C)NC(=S)Nc2ccc3c(c2)OCCO3)c(C)c1. The standard InChI is InChI=1S/C19H22N2O2S/c1-12-4-6-16(13(2)10-12)14(3)20-19(24)21-15-5-7-17-18(11-15)23-9-8-22-17/h4-7,10-11,14H,8-9H2,1-3H3,(H2,20,21,24)/t14-/m1/s1. The molecule has 0 radical (unpaired) electrons. The third-order valence-electron chi connectivity index (χ3n) is 4.04. The van der Waals surface area contributed by atoms with Crippen molar-refractivity contribution in [2.24, 2.45) is 0 Å². The Morgan fingerprint density at radius 2 is 1.79 bits per heavy atom. The summed E-state index contributed by atoms with van der Waals surface area (Å²) in [7, 11) is 0. The Morgan fingerprint density at radius 1 is 1.04 bits per heavy atom. The lowest BCUT2D eigenvalue weighted by molar-refractivity contribution is 0.171. The molecule has 2 aromatic rings. The Morgan fingerprint density at radius 3 is 2.54 bits per heavy atom. The molecule has 1 atom stereocenters. The number of nitrogens with one attached hydrogen (secondary N) is 2. The molecular formula is C19H22N2O2S. The maximum atomic E-state index is 5.59. The average molecular weight is 342 g/mol. The van der Waals surface area contributed by atoms with E-state index in [2.05, 4.69) is 49.6 Å². The van der Waals surface area contributed by atoms with Crippen molar-refractivity contribution in [3.8, 4) is 11.5 Å². The molecule has 0 aliphatic carbocycles. The van der Waals surface area contributed by atoms with Crippen molar-refractivity contribution in [1.82, 2.24) is 5.32 Å². The molecule has 0 saturated carbocycles. The Balaban J connectivity index is 1.65. The predicted molar refractivity (Wildman–Crippen MR) is 101 cm³/mol. The van der Waals surface area contributed by atoms with Crippen molar-refractivity contribution in [3.63, 3.8) is 0 Å². The molecule has 24 heavy (non-hydrogen) atoms. The highest BCUT2D eigenvalue weighted by Crippen LogP contribution is 2.32. The average Bonchev–Trinajstić information content (AvgIpc) is 2.54. The summed E-state index contributed by atoms with van der Waals surface area (Å²) in [5.74, 6) is 1.52. The van der Waals surface area contributed by atoms with Gasteiger partial charge >= 0.3 is 0 Å². The van der Waals surface area contributed by atoms with E-state index in [0.717, 1.165) is 17.2 Å². The van der Waals surface area contributed by atoms with Crippen LogP contribution < -0.4 is 20.1 Å². The van der Waals surface area contributed by atoms with Gasteiger partial charge in [0.1, 0.15) is 13.2 Å². The van der Waals surface area contributed by atoms with E-state index in [0.29, 0.717) is 18.3 Å². The zero-order chi connectivity index (χ0) is 17.1. The minimum absolute atomic E-state index is 0.128. The number of benzene rings is 2. The topological polar surface area (TPSA) is 42.5 Å². The Hall–Kier alpha value is -2.27. The molecule has 0 fully saturated rings. The van der Waals surface area contributed by atoms with E-state index in [-0.39, 0.29) is 6.04 Å². The van der Waals surface area contributed by atoms with E-state index < -0.39 is 0 Å². The fraction of sp³-hybridized carbons (Fsp3) is 0.316. The number of aryl methyl sites for hydroxylation is 2. The predicted octanol–water partition coefficient (Wildman–Crippen LogP) is 4.12. The summed E-state index contributed by atoms with van der Waals surface area (Å²) < 4.78 is 11.1. The minimum atomic E-state index is 0.128. The molecule has 0 bridgehead atoms. The summed E-state index contributed by atoms with van der Waals surface area (Å²) in [4.78, 5) is 0. The fourth-order valence-electron chi connectivity index (χ4n) is 2.87. The second-order valence-electron chi connectivity index (χ2n) is 6.04. The Labute approximate surface area is 148 Å². The van der Waals surface area contributed by atoms with Gasteiger partial charge in [0.2, 0.25) is 0 Å². The van der Waals surface area contributed by atoms with Gasteiger partial charge in [0.05, 0.1) is 6.04 Å². The number of fused-ring (bicyclic) bond motifs is 1. The van der Waals surface area contributed by atoms with Crippen LogP contribution in [0, 0.1) is 13.8 Å². The van der Waals surface area contributed by atoms with Gasteiger partial charge in [-0.15, -0.1) is 0 Å². The summed E-state index contributed by atoms with van der Waals surface area (Å²) in [5.41, 5.74) is 4.65. The molecule has 2 aromatic carbocycles. The highest BCUT2D eigenvalue weighted by molar-refractivity contribution is 7.80. The van der Waals surface area contributed by atoms with Crippen LogP contribution in [0.3, 0.4) is 0 Å².